The summed E-state index contributed by atoms with van der Waals surface area (Å²) in [6.07, 6.45) is 6.46. The summed E-state index contributed by atoms with van der Waals surface area (Å²) in [5.41, 5.74) is 3.76. The zero-order valence-corrected chi connectivity index (χ0v) is 17.8. The number of aromatic nitrogens is 2. The van der Waals surface area contributed by atoms with E-state index < -0.39 is 0 Å². The first-order chi connectivity index (χ1) is 14.7. The Morgan fingerprint density at radius 3 is 2.53 bits per heavy atom. The topological polar surface area (TPSA) is 52.2 Å². The molecule has 0 saturated carbocycles. The quantitative estimate of drug-likeness (QED) is 0.651. The van der Waals surface area contributed by atoms with Gasteiger partial charge in [-0.1, -0.05) is 49.8 Å². The van der Waals surface area contributed by atoms with E-state index in [1.54, 1.807) is 0 Å². The van der Waals surface area contributed by atoms with Gasteiger partial charge in [-0.15, -0.1) is 0 Å². The van der Waals surface area contributed by atoms with E-state index in [1.807, 2.05) is 59.5 Å². The van der Waals surface area contributed by atoms with Crippen molar-refractivity contribution in [2.45, 2.75) is 32.7 Å². The monoisotopic (exact) mass is 402 g/mol. The SMILES string of the molecule is CCCC(C)N1CCN(C(=O)c2ccc(/C=C/c3n[nH]c4ccccc34)cc2)CC1. The van der Waals surface area contributed by atoms with Crippen LogP contribution in [0.25, 0.3) is 23.1 Å². The number of para-hydroxylation sites is 1. The summed E-state index contributed by atoms with van der Waals surface area (Å²) < 4.78 is 0. The van der Waals surface area contributed by atoms with Crippen molar-refractivity contribution in [2.24, 2.45) is 0 Å². The first-order valence-corrected chi connectivity index (χ1v) is 10.9. The van der Waals surface area contributed by atoms with Crippen molar-refractivity contribution in [3.05, 3.63) is 65.4 Å². The lowest BCUT2D eigenvalue weighted by Gasteiger charge is -2.38. The Balaban J connectivity index is 1.37. The third kappa shape index (κ3) is 4.46. The predicted molar refractivity (Wildman–Crippen MR) is 123 cm³/mol. The van der Waals surface area contributed by atoms with Gasteiger partial charge in [0.05, 0.1) is 11.2 Å². The van der Waals surface area contributed by atoms with Crippen LogP contribution in [0.15, 0.2) is 48.5 Å². The molecule has 3 aromatic rings. The maximum Gasteiger partial charge on any atom is 0.253 e. The average Bonchev–Trinajstić information content (AvgIpc) is 3.21. The van der Waals surface area contributed by atoms with Gasteiger partial charge in [-0.2, -0.15) is 5.10 Å². The summed E-state index contributed by atoms with van der Waals surface area (Å²) in [4.78, 5) is 17.4. The smallest absolute Gasteiger partial charge is 0.253 e. The second kappa shape index (κ2) is 9.26. The van der Waals surface area contributed by atoms with Crippen LogP contribution < -0.4 is 0 Å². The molecule has 30 heavy (non-hydrogen) atoms. The van der Waals surface area contributed by atoms with Crippen LogP contribution in [0.1, 0.15) is 48.3 Å². The molecular formula is C25H30N4O. The van der Waals surface area contributed by atoms with Crippen molar-refractivity contribution in [1.82, 2.24) is 20.0 Å². The largest absolute Gasteiger partial charge is 0.336 e. The molecule has 2 heterocycles. The third-order valence-electron chi connectivity index (χ3n) is 6.02. The van der Waals surface area contributed by atoms with E-state index in [2.05, 4.69) is 35.0 Å². The third-order valence-corrected chi connectivity index (χ3v) is 6.02. The Kier molecular flexibility index (Phi) is 6.29. The molecule has 1 atom stereocenters. The molecule has 0 bridgehead atoms. The van der Waals surface area contributed by atoms with E-state index in [0.717, 1.165) is 53.9 Å². The summed E-state index contributed by atoms with van der Waals surface area (Å²) in [5, 5.41) is 8.52. The van der Waals surface area contributed by atoms with Crippen molar-refractivity contribution in [3.8, 4) is 0 Å². The van der Waals surface area contributed by atoms with E-state index in [4.69, 9.17) is 0 Å². The molecule has 156 valence electrons. The second-order valence-corrected chi connectivity index (χ2v) is 8.08. The molecule has 0 aliphatic carbocycles. The highest BCUT2D eigenvalue weighted by atomic mass is 16.2. The van der Waals surface area contributed by atoms with Crippen molar-refractivity contribution in [1.29, 1.82) is 0 Å². The second-order valence-electron chi connectivity index (χ2n) is 8.08. The van der Waals surface area contributed by atoms with Gasteiger partial charge >= 0.3 is 0 Å². The molecule has 0 radical (unpaired) electrons. The Morgan fingerprint density at radius 2 is 1.80 bits per heavy atom. The van der Waals surface area contributed by atoms with Gasteiger partial charge in [0.25, 0.3) is 5.91 Å². The number of H-pyrrole nitrogens is 1. The van der Waals surface area contributed by atoms with Crippen molar-refractivity contribution >= 4 is 29.0 Å². The van der Waals surface area contributed by atoms with Crippen LogP contribution in [0.4, 0.5) is 0 Å². The summed E-state index contributed by atoms with van der Waals surface area (Å²) >= 11 is 0. The number of nitrogens with zero attached hydrogens (tertiary/aromatic N) is 3. The van der Waals surface area contributed by atoms with Gasteiger partial charge in [0.2, 0.25) is 0 Å². The fourth-order valence-corrected chi connectivity index (χ4v) is 4.17. The minimum absolute atomic E-state index is 0.131. The van der Waals surface area contributed by atoms with Crippen LogP contribution in [0, 0.1) is 0 Å². The van der Waals surface area contributed by atoms with Crippen molar-refractivity contribution in [3.63, 3.8) is 0 Å². The maximum absolute atomic E-state index is 12.9. The first-order valence-electron chi connectivity index (χ1n) is 10.9. The summed E-state index contributed by atoms with van der Waals surface area (Å²) in [6.45, 7) is 8.06. The molecular weight excluding hydrogens is 372 g/mol. The Bertz CT molecular complexity index is 1010. The van der Waals surface area contributed by atoms with E-state index in [1.165, 1.54) is 12.8 Å². The molecule has 1 saturated heterocycles. The maximum atomic E-state index is 12.9. The molecule has 5 heteroatoms. The number of hydrogen-bond acceptors (Lipinski definition) is 3. The fourth-order valence-electron chi connectivity index (χ4n) is 4.17. The minimum Gasteiger partial charge on any atom is -0.336 e. The highest BCUT2D eigenvalue weighted by molar-refractivity contribution is 5.95. The molecule has 1 fully saturated rings. The summed E-state index contributed by atoms with van der Waals surface area (Å²) in [5.74, 6) is 0.131. The first kappa shape index (κ1) is 20.4. The van der Waals surface area contributed by atoms with Crippen molar-refractivity contribution < 1.29 is 4.79 Å². The highest BCUT2D eigenvalue weighted by Crippen LogP contribution is 2.18. The molecule has 1 aromatic heterocycles. The Hall–Kier alpha value is -2.92. The van der Waals surface area contributed by atoms with E-state index in [-0.39, 0.29) is 5.91 Å². The molecule has 1 N–H and O–H groups in total. The number of hydrogen-bond donors (Lipinski definition) is 1. The number of carbonyl (C=O) groups excluding carboxylic acids is 1. The molecule has 5 nitrogen and oxygen atoms in total. The van der Waals surface area contributed by atoms with Crippen LogP contribution in [-0.2, 0) is 0 Å². The number of benzene rings is 2. The number of piperazine rings is 1. The number of aromatic amines is 1. The Labute approximate surface area is 178 Å². The van der Waals surface area contributed by atoms with E-state index in [9.17, 15) is 4.79 Å². The van der Waals surface area contributed by atoms with Crippen LogP contribution in [0.2, 0.25) is 0 Å². The highest BCUT2D eigenvalue weighted by Gasteiger charge is 2.24. The summed E-state index contributed by atoms with van der Waals surface area (Å²) in [6, 6.07) is 16.5. The zero-order valence-electron chi connectivity index (χ0n) is 17.8. The minimum atomic E-state index is 0.131. The van der Waals surface area contributed by atoms with E-state index in [0.29, 0.717) is 6.04 Å². The number of nitrogens with one attached hydrogen (secondary N) is 1. The number of carbonyl (C=O) groups is 1. The lowest BCUT2D eigenvalue weighted by atomic mass is 10.1. The van der Waals surface area contributed by atoms with Crippen LogP contribution in [0.3, 0.4) is 0 Å². The van der Waals surface area contributed by atoms with Crippen molar-refractivity contribution in [2.75, 3.05) is 26.2 Å². The number of rotatable bonds is 6. The standard InChI is InChI=1S/C25H30N4O/c1-3-6-19(2)28-15-17-29(18-16-28)25(30)21-12-9-20(10-13-21)11-14-24-22-7-4-5-8-23(22)26-27-24/h4-5,7-14,19H,3,6,15-18H2,1-2H3,(H,26,27)/b14-11+. The zero-order chi connectivity index (χ0) is 20.9. The van der Waals surface area contributed by atoms with Gasteiger partial charge in [0.15, 0.2) is 0 Å². The lowest BCUT2D eigenvalue weighted by molar-refractivity contribution is 0.0575. The fraction of sp³-hybridized carbons (Fsp3) is 0.360. The van der Waals surface area contributed by atoms with E-state index >= 15 is 0 Å². The molecule has 1 aliphatic heterocycles. The van der Waals surface area contributed by atoms with Crippen LogP contribution in [0.5, 0.6) is 0 Å². The predicted octanol–water partition coefficient (Wildman–Crippen LogP) is 4.68. The van der Waals surface area contributed by atoms with Crippen LogP contribution >= 0.6 is 0 Å². The van der Waals surface area contributed by atoms with Gasteiger partial charge in [-0.05, 0) is 43.2 Å². The average molecular weight is 403 g/mol. The van der Waals surface area contributed by atoms with Gasteiger partial charge in [0.1, 0.15) is 0 Å². The molecule has 2 aromatic carbocycles. The molecule has 1 amide bonds. The normalized spacial score (nSPS) is 16.4. The van der Waals surface area contributed by atoms with Gasteiger partial charge in [-0.25, -0.2) is 0 Å². The van der Waals surface area contributed by atoms with Gasteiger partial charge in [-0.3, -0.25) is 14.8 Å². The summed E-state index contributed by atoms with van der Waals surface area (Å²) in [7, 11) is 0. The number of fused-ring (bicyclic) bond motifs is 1. The Morgan fingerprint density at radius 1 is 1.07 bits per heavy atom. The molecule has 4 rings (SSSR count). The number of amides is 1. The van der Waals surface area contributed by atoms with Gasteiger partial charge in [0, 0.05) is 43.2 Å². The van der Waals surface area contributed by atoms with Gasteiger partial charge < -0.3 is 4.90 Å². The van der Waals surface area contributed by atoms with Crippen LogP contribution in [-0.4, -0.2) is 58.1 Å². The molecule has 1 unspecified atom stereocenters. The lowest BCUT2D eigenvalue weighted by Crippen LogP contribution is -2.51. The molecule has 0 spiro atoms. The molecule has 1 aliphatic rings.